The molecule has 1 atom stereocenters. The number of carbonyl (C=O) groups is 1. The third kappa shape index (κ3) is 3.40. The molecular formula is C16H21F2NO2. The average molecular weight is 297 g/mol. The minimum atomic E-state index is -0.805. The second-order valence-electron chi connectivity index (χ2n) is 5.57. The highest BCUT2D eigenvalue weighted by Crippen LogP contribution is 2.36. The van der Waals surface area contributed by atoms with Crippen LogP contribution in [0.1, 0.15) is 38.7 Å². The molecule has 0 saturated carbocycles. The highest BCUT2D eigenvalue weighted by molar-refractivity contribution is 5.71. The Morgan fingerprint density at radius 3 is 2.57 bits per heavy atom. The first-order chi connectivity index (χ1) is 9.97. The second kappa shape index (κ2) is 6.52. The number of hydrogen-bond donors (Lipinski definition) is 0. The fourth-order valence-corrected chi connectivity index (χ4v) is 3.01. The molecule has 1 aliphatic rings. The first kappa shape index (κ1) is 15.9. The number of likely N-dealkylation sites (tertiary alicyclic amines) is 1. The number of hydrogen-bond acceptors (Lipinski definition) is 3. The summed E-state index contributed by atoms with van der Waals surface area (Å²) in [6.45, 7) is 5.45. The highest BCUT2D eigenvalue weighted by Gasteiger charge is 2.39. The van der Waals surface area contributed by atoms with Gasteiger partial charge in [0.1, 0.15) is 11.6 Å². The molecule has 1 aromatic rings. The number of carbonyl (C=O) groups excluding carboxylic acids is 1. The maximum Gasteiger partial charge on any atom is 0.308 e. The summed E-state index contributed by atoms with van der Waals surface area (Å²) in [6.07, 6.45) is 2.09. The Kier molecular flexibility index (Phi) is 4.93. The van der Waals surface area contributed by atoms with Crippen molar-refractivity contribution < 1.29 is 18.3 Å². The molecule has 1 aromatic carbocycles. The molecule has 0 spiro atoms. The lowest BCUT2D eigenvalue weighted by molar-refractivity contribution is -0.146. The van der Waals surface area contributed by atoms with E-state index < -0.39 is 17.2 Å². The standard InChI is InChI=1S/C16H21F2NO2/c1-3-21-15(20)11-16(2,19-8-4-5-9-19)13-7-6-12(17)10-14(13)18/h6-7,10H,3-5,8-9,11H2,1-2H3. The van der Waals surface area contributed by atoms with Gasteiger partial charge in [0.05, 0.1) is 18.6 Å². The number of ether oxygens (including phenoxy) is 1. The van der Waals surface area contributed by atoms with E-state index in [2.05, 4.69) is 4.90 Å². The van der Waals surface area contributed by atoms with Crippen molar-refractivity contribution in [1.82, 2.24) is 4.90 Å². The SMILES string of the molecule is CCOC(=O)CC(C)(c1ccc(F)cc1F)N1CCCC1. The monoisotopic (exact) mass is 297 g/mol. The highest BCUT2D eigenvalue weighted by atomic mass is 19.1. The van der Waals surface area contributed by atoms with E-state index in [0.29, 0.717) is 12.2 Å². The summed E-state index contributed by atoms with van der Waals surface area (Å²) in [5, 5.41) is 0. The van der Waals surface area contributed by atoms with Crippen molar-refractivity contribution in [1.29, 1.82) is 0 Å². The molecule has 3 nitrogen and oxygen atoms in total. The van der Waals surface area contributed by atoms with E-state index in [1.165, 1.54) is 12.1 Å². The minimum Gasteiger partial charge on any atom is -0.466 e. The van der Waals surface area contributed by atoms with Crippen molar-refractivity contribution in [3.8, 4) is 0 Å². The number of esters is 1. The van der Waals surface area contributed by atoms with Crippen LogP contribution in [-0.4, -0.2) is 30.6 Å². The van der Waals surface area contributed by atoms with Crippen molar-refractivity contribution in [3.63, 3.8) is 0 Å². The quantitative estimate of drug-likeness (QED) is 0.782. The molecule has 1 saturated heterocycles. The van der Waals surface area contributed by atoms with E-state index in [1.807, 2.05) is 6.92 Å². The largest absolute Gasteiger partial charge is 0.466 e. The molecule has 1 fully saturated rings. The lowest BCUT2D eigenvalue weighted by atomic mass is 9.86. The van der Waals surface area contributed by atoms with Crippen LogP contribution < -0.4 is 0 Å². The van der Waals surface area contributed by atoms with Crippen LogP contribution in [0.2, 0.25) is 0 Å². The van der Waals surface area contributed by atoms with Gasteiger partial charge in [-0.1, -0.05) is 6.07 Å². The summed E-state index contributed by atoms with van der Waals surface area (Å²) in [6, 6.07) is 3.54. The number of nitrogens with zero attached hydrogens (tertiary/aromatic N) is 1. The maximum absolute atomic E-state index is 14.2. The molecule has 5 heteroatoms. The second-order valence-corrected chi connectivity index (χ2v) is 5.57. The van der Waals surface area contributed by atoms with E-state index >= 15 is 0 Å². The topological polar surface area (TPSA) is 29.5 Å². The zero-order chi connectivity index (χ0) is 15.5. The zero-order valence-corrected chi connectivity index (χ0v) is 12.5. The first-order valence-corrected chi connectivity index (χ1v) is 7.33. The van der Waals surface area contributed by atoms with Crippen LogP contribution >= 0.6 is 0 Å². The van der Waals surface area contributed by atoms with Crippen molar-refractivity contribution in [2.24, 2.45) is 0 Å². The van der Waals surface area contributed by atoms with Crippen LogP contribution in [0.3, 0.4) is 0 Å². The van der Waals surface area contributed by atoms with Gasteiger partial charge in [-0.05, 0) is 45.8 Å². The molecule has 0 amide bonds. The summed E-state index contributed by atoms with van der Waals surface area (Å²) >= 11 is 0. The first-order valence-electron chi connectivity index (χ1n) is 7.33. The van der Waals surface area contributed by atoms with Crippen LogP contribution in [0.4, 0.5) is 8.78 Å². The number of halogens is 2. The maximum atomic E-state index is 14.2. The molecule has 1 aliphatic heterocycles. The molecule has 0 aliphatic carbocycles. The van der Waals surface area contributed by atoms with Crippen LogP contribution in [0.5, 0.6) is 0 Å². The zero-order valence-electron chi connectivity index (χ0n) is 12.5. The Balaban J connectivity index is 2.36. The van der Waals surface area contributed by atoms with Gasteiger partial charge in [-0.25, -0.2) is 8.78 Å². The fraction of sp³-hybridized carbons (Fsp3) is 0.562. The van der Waals surface area contributed by atoms with Crippen molar-refractivity contribution in [2.75, 3.05) is 19.7 Å². The summed E-state index contributed by atoms with van der Waals surface area (Å²) in [7, 11) is 0. The van der Waals surface area contributed by atoms with Gasteiger partial charge in [0, 0.05) is 11.6 Å². The normalized spacial score (nSPS) is 18.5. The van der Waals surface area contributed by atoms with E-state index in [9.17, 15) is 13.6 Å². The summed E-state index contributed by atoms with van der Waals surface area (Å²) in [5.74, 6) is -1.60. The van der Waals surface area contributed by atoms with Gasteiger partial charge in [0.25, 0.3) is 0 Å². The number of rotatable bonds is 5. The van der Waals surface area contributed by atoms with Gasteiger partial charge in [0.2, 0.25) is 0 Å². The molecule has 2 rings (SSSR count). The Labute approximate surface area is 123 Å². The van der Waals surface area contributed by atoms with E-state index in [0.717, 1.165) is 32.0 Å². The minimum absolute atomic E-state index is 0.0589. The van der Waals surface area contributed by atoms with E-state index in [1.54, 1.807) is 6.92 Å². The van der Waals surface area contributed by atoms with Crippen LogP contribution in [-0.2, 0) is 15.1 Å². The molecule has 1 unspecified atom stereocenters. The van der Waals surface area contributed by atoms with E-state index in [4.69, 9.17) is 4.74 Å². The molecule has 0 aromatic heterocycles. The molecule has 0 bridgehead atoms. The number of benzene rings is 1. The van der Waals surface area contributed by atoms with Gasteiger partial charge in [0.15, 0.2) is 0 Å². The van der Waals surface area contributed by atoms with Crippen molar-refractivity contribution in [2.45, 2.75) is 38.6 Å². The smallest absolute Gasteiger partial charge is 0.308 e. The Morgan fingerprint density at radius 2 is 2.00 bits per heavy atom. The van der Waals surface area contributed by atoms with Gasteiger partial charge in [-0.2, -0.15) is 0 Å². The van der Waals surface area contributed by atoms with Gasteiger partial charge in [-0.15, -0.1) is 0 Å². The van der Waals surface area contributed by atoms with Crippen LogP contribution in [0.15, 0.2) is 18.2 Å². The van der Waals surface area contributed by atoms with Gasteiger partial charge < -0.3 is 4.74 Å². The predicted octanol–water partition coefficient (Wildman–Crippen LogP) is 3.23. The van der Waals surface area contributed by atoms with E-state index in [-0.39, 0.29) is 12.4 Å². The Hall–Kier alpha value is -1.49. The molecule has 1 heterocycles. The third-order valence-corrected chi connectivity index (χ3v) is 4.11. The fourth-order valence-electron chi connectivity index (χ4n) is 3.01. The Morgan fingerprint density at radius 1 is 1.33 bits per heavy atom. The van der Waals surface area contributed by atoms with Crippen molar-refractivity contribution >= 4 is 5.97 Å². The molecule has 116 valence electrons. The average Bonchev–Trinajstić information content (AvgIpc) is 2.92. The lowest BCUT2D eigenvalue weighted by Crippen LogP contribution is -2.44. The summed E-state index contributed by atoms with van der Waals surface area (Å²) < 4.78 is 32.4. The van der Waals surface area contributed by atoms with Crippen LogP contribution in [0.25, 0.3) is 0 Å². The Bertz CT molecular complexity index is 515. The van der Waals surface area contributed by atoms with Gasteiger partial charge in [-0.3, -0.25) is 9.69 Å². The predicted molar refractivity (Wildman–Crippen MR) is 75.8 cm³/mol. The lowest BCUT2D eigenvalue weighted by Gasteiger charge is -2.38. The van der Waals surface area contributed by atoms with Gasteiger partial charge >= 0.3 is 5.97 Å². The molecular weight excluding hydrogens is 276 g/mol. The third-order valence-electron chi connectivity index (χ3n) is 4.11. The van der Waals surface area contributed by atoms with Crippen molar-refractivity contribution in [3.05, 3.63) is 35.4 Å². The van der Waals surface area contributed by atoms with Crippen LogP contribution in [0, 0.1) is 11.6 Å². The molecule has 0 N–H and O–H groups in total. The molecule has 0 radical (unpaired) electrons. The summed E-state index contributed by atoms with van der Waals surface area (Å²) in [5.41, 5.74) is -0.459. The summed E-state index contributed by atoms with van der Waals surface area (Å²) in [4.78, 5) is 14.0. The molecule has 21 heavy (non-hydrogen) atoms.